The van der Waals surface area contributed by atoms with E-state index in [1.807, 2.05) is 43.3 Å². The van der Waals surface area contributed by atoms with E-state index in [-0.39, 0.29) is 5.78 Å². The second-order valence-corrected chi connectivity index (χ2v) is 19.2. The van der Waals surface area contributed by atoms with Gasteiger partial charge in [0.1, 0.15) is 0 Å². The van der Waals surface area contributed by atoms with Crippen LogP contribution in [-0.2, 0) is 0 Å². The third kappa shape index (κ3) is 4.70. The SMILES string of the molecule is CN(C)c1ccc(C(=O)c2cc([Si](C)(C)C)cc([Si](C)(C)C)c2)cc1. The summed E-state index contributed by atoms with van der Waals surface area (Å²) in [6, 6.07) is 14.5. The molecule has 0 atom stereocenters. The Bertz CT molecular complexity index is 734. The molecule has 0 aliphatic carbocycles. The van der Waals surface area contributed by atoms with Crippen LogP contribution in [0.3, 0.4) is 0 Å². The molecule has 2 aromatic rings. The molecule has 4 heteroatoms. The van der Waals surface area contributed by atoms with Crippen LogP contribution in [0.1, 0.15) is 15.9 Å². The van der Waals surface area contributed by atoms with Crippen LogP contribution in [0.25, 0.3) is 0 Å². The highest BCUT2D eigenvalue weighted by atomic mass is 28.3. The van der Waals surface area contributed by atoms with Crippen LogP contribution in [0.2, 0.25) is 39.3 Å². The zero-order chi connectivity index (χ0) is 19.0. The molecule has 25 heavy (non-hydrogen) atoms. The lowest BCUT2D eigenvalue weighted by Gasteiger charge is -2.24. The molecule has 0 fully saturated rings. The Morgan fingerprint density at radius 1 is 0.720 bits per heavy atom. The average molecular weight is 370 g/mol. The molecule has 0 aromatic heterocycles. The second kappa shape index (κ2) is 6.92. The van der Waals surface area contributed by atoms with Crippen LogP contribution in [0.5, 0.6) is 0 Å². The van der Waals surface area contributed by atoms with Gasteiger partial charge < -0.3 is 4.90 Å². The third-order valence-corrected chi connectivity index (χ3v) is 8.61. The number of rotatable bonds is 5. The fourth-order valence-corrected chi connectivity index (χ4v) is 5.20. The van der Waals surface area contributed by atoms with E-state index in [2.05, 4.69) is 57.5 Å². The fraction of sp³-hybridized carbons (Fsp3) is 0.381. The zero-order valence-electron chi connectivity index (χ0n) is 16.9. The predicted molar refractivity (Wildman–Crippen MR) is 117 cm³/mol. The van der Waals surface area contributed by atoms with Gasteiger partial charge in [0.05, 0.1) is 16.1 Å². The van der Waals surface area contributed by atoms with Crippen molar-refractivity contribution < 1.29 is 4.79 Å². The van der Waals surface area contributed by atoms with Crippen molar-refractivity contribution in [1.82, 2.24) is 0 Å². The van der Waals surface area contributed by atoms with Gasteiger partial charge in [-0.05, 0) is 24.3 Å². The maximum Gasteiger partial charge on any atom is 0.193 e. The molecule has 0 radical (unpaired) electrons. The zero-order valence-corrected chi connectivity index (χ0v) is 18.9. The molecule has 2 rings (SSSR count). The summed E-state index contributed by atoms with van der Waals surface area (Å²) in [5.74, 6) is 0.130. The number of anilines is 1. The molecular formula is C21H31NOSi2. The predicted octanol–water partition coefficient (Wildman–Crippen LogP) is 4.07. The number of hydrogen-bond acceptors (Lipinski definition) is 2. The van der Waals surface area contributed by atoms with E-state index in [0.29, 0.717) is 0 Å². The maximum absolute atomic E-state index is 13.1. The Labute approximate surface area is 154 Å². The van der Waals surface area contributed by atoms with Crippen molar-refractivity contribution in [1.29, 1.82) is 0 Å². The minimum atomic E-state index is -1.48. The first kappa shape index (κ1) is 19.7. The van der Waals surface area contributed by atoms with E-state index >= 15 is 0 Å². The summed E-state index contributed by atoms with van der Waals surface area (Å²) in [7, 11) is 1.05. The Kier molecular flexibility index (Phi) is 5.45. The Morgan fingerprint density at radius 2 is 1.16 bits per heavy atom. The highest BCUT2D eigenvalue weighted by Gasteiger charge is 2.24. The molecule has 2 nitrogen and oxygen atoms in total. The van der Waals surface area contributed by atoms with E-state index in [1.165, 1.54) is 10.4 Å². The van der Waals surface area contributed by atoms with Crippen molar-refractivity contribution in [3.63, 3.8) is 0 Å². The number of ketones is 1. The van der Waals surface area contributed by atoms with E-state index in [1.54, 1.807) is 0 Å². The van der Waals surface area contributed by atoms with Gasteiger partial charge in [-0.15, -0.1) is 0 Å². The molecule has 0 unspecified atom stereocenters. The van der Waals surface area contributed by atoms with Gasteiger partial charge in [0, 0.05) is 30.9 Å². The van der Waals surface area contributed by atoms with Gasteiger partial charge in [-0.1, -0.05) is 67.9 Å². The summed E-state index contributed by atoms with van der Waals surface area (Å²) in [6.07, 6.45) is 0. The molecule has 0 saturated carbocycles. The molecule has 0 saturated heterocycles. The Balaban J connectivity index is 2.51. The quantitative estimate of drug-likeness (QED) is 0.585. The lowest BCUT2D eigenvalue weighted by molar-refractivity contribution is 0.103. The second-order valence-electron chi connectivity index (χ2n) is 9.07. The van der Waals surface area contributed by atoms with Crippen LogP contribution < -0.4 is 15.3 Å². The normalized spacial score (nSPS) is 12.2. The van der Waals surface area contributed by atoms with Gasteiger partial charge in [-0.2, -0.15) is 0 Å². The number of carbonyl (C=O) groups is 1. The summed E-state index contributed by atoms with van der Waals surface area (Å²) in [6.45, 7) is 14.1. The highest BCUT2D eigenvalue weighted by Crippen LogP contribution is 2.16. The van der Waals surface area contributed by atoms with Crippen molar-refractivity contribution in [3.05, 3.63) is 53.6 Å². The molecule has 0 bridgehead atoms. The van der Waals surface area contributed by atoms with E-state index in [4.69, 9.17) is 0 Å². The van der Waals surface area contributed by atoms with E-state index in [9.17, 15) is 4.79 Å². The number of hydrogen-bond donors (Lipinski definition) is 0. The first-order valence-electron chi connectivity index (χ1n) is 8.88. The summed E-state index contributed by atoms with van der Waals surface area (Å²) < 4.78 is 0. The van der Waals surface area contributed by atoms with Gasteiger partial charge in [-0.3, -0.25) is 4.79 Å². The van der Waals surface area contributed by atoms with Crippen LogP contribution in [0, 0.1) is 0 Å². The summed E-state index contributed by atoms with van der Waals surface area (Å²) in [5, 5.41) is 2.75. The van der Waals surface area contributed by atoms with E-state index < -0.39 is 16.1 Å². The van der Waals surface area contributed by atoms with Crippen molar-refractivity contribution >= 4 is 38.0 Å². The molecule has 0 N–H and O–H groups in total. The largest absolute Gasteiger partial charge is 0.378 e. The summed E-state index contributed by atoms with van der Waals surface area (Å²) >= 11 is 0. The monoisotopic (exact) mass is 369 g/mol. The van der Waals surface area contributed by atoms with Crippen molar-refractivity contribution in [2.24, 2.45) is 0 Å². The molecule has 0 aliphatic rings. The van der Waals surface area contributed by atoms with Gasteiger partial charge >= 0.3 is 0 Å². The smallest absolute Gasteiger partial charge is 0.193 e. The van der Waals surface area contributed by atoms with Gasteiger partial charge in [0.25, 0.3) is 0 Å². The van der Waals surface area contributed by atoms with Crippen LogP contribution in [0.15, 0.2) is 42.5 Å². The molecule has 0 aliphatic heterocycles. The van der Waals surface area contributed by atoms with E-state index in [0.717, 1.165) is 16.8 Å². The first-order chi connectivity index (χ1) is 11.4. The molecular weight excluding hydrogens is 338 g/mol. The van der Waals surface area contributed by atoms with Gasteiger partial charge in [-0.25, -0.2) is 0 Å². The minimum absolute atomic E-state index is 0.130. The molecule has 2 aromatic carbocycles. The van der Waals surface area contributed by atoms with Crippen molar-refractivity contribution in [3.8, 4) is 0 Å². The number of nitrogens with zero attached hydrogens (tertiary/aromatic N) is 1. The first-order valence-corrected chi connectivity index (χ1v) is 15.9. The number of carbonyl (C=O) groups excluding carboxylic acids is 1. The van der Waals surface area contributed by atoms with Crippen molar-refractivity contribution in [2.45, 2.75) is 39.3 Å². The fourth-order valence-electron chi connectivity index (χ4n) is 2.70. The van der Waals surface area contributed by atoms with Gasteiger partial charge in [0.15, 0.2) is 5.78 Å². The molecule has 0 spiro atoms. The minimum Gasteiger partial charge on any atom is -0.378 e. The third-order valence-electron chi connectivity index (χ3n) is 4.57. The molecule has 0 amide bonds. The van der Waals surface area contributed by atoms with Crippen LogP contribution in [-0.4, -0.2) is 36.0 Å². The van der Waals surface area contributed by atoms with Crippen LogP contribution in [0.4, 0.5) is 5.69 Å². The number of benzene rings is 2. The van der Waals surface area contributed by atoms with Crippen LogP contribution >= 0.6 is 0 Å². The standard InChI is InChI=1S/C21H31NOSi2/c1-22(2)18-11-9-16(10-12-18)21(23)17-13-19(24(3,4)5)15-20(14-17)25(6,7)8/h9-15H,1-8H3. The topological polar surface area (TPSA) is 20.3 Å². The maximum atomic E-state index is 13.1. The Morgan fingerprint density at radius 3 is 1.52 bits per heavy atom. The molecule has 0 heterocycles. The lowest BCUT2D eigenvalue weighted by atomic mass is 10.0. The Hall–Kier alpha value is -1.66. The van der Waals surface area contributed by atoms with Crippen molar-refractivity contribution in [2.75, 3.05) is 19.0 Å². The summed E-state index contributed by atoms with van der Waals surface area (Å²) in [4.78, 5) is 15.1. The highest BCUT2D eigenvalue weighted by molar-refractivity contribution is 6.91. The summed E-state index contributed by atoms with van der Waals surface area (Å²) in [5.41, 5.74) is 2.71. The molecule has 134 valence electrons. The average Bonchev–Trinajstić information content (AvgIpc) is 2.52. The lowest BCUT2D eigenvalue weighted by Crippen LogP contribution is -2.45. The van der Waals surface area contributed by atoms with Gasteiger partial charge in [0.2, 0.25) is 0 Å².